The van der Waals surface area contributed by atoms with Crippen molar-refractivity contribution in [3.8, 4) is 0 Å². The van der Waals surface area contributed by atoms with Gasteiger partial charge >= 0.3 is 0 Å². The highest BCUT2D eigenvalue weighted by atomic mass is 32.2. The van der Waals surface area contributed by atoms with Crippen LogP contribution < -0.4 is 9.62 Å². The largest absolute Gasteiger partial charge is 0.348 e. The fourth-order valence-electron chi connectivity index (χ4n) is 3.12. The maximum absolute atomic E-state index is 13.0. The Hall–Kier alpha value is -2.94. The van der Waals surface area contributed by atoms with Crippen LogP contribution >= 0.6 is 0 Å². The molecule has 1 N–H and O–H groups in total. The van der Waals surface area contributed by atoms with Crippen LogP contribution in [0.3, 0.4) is 0 Å². The molecule has 0 unspecified atom stereocenters. The molecule has 0 aliphatic rings. The molecule has 0 fully saturated rings. The first-order valence-corrected chi connectivity index (χ1v) is 11.0. The van der Waals surface area contributed by atoms with Crippen LogP contribution in [0.2, 0.25) is 0 Å². The minimum atomic E-state index is -3.89. The lowest BCUT2D eigenvalue weighted by Gasteiger charge is -2.32. The van der Waals surface area contributed by atoms with E-state index in [1.165, 1.54) is 18.2 Å². The van der Waals surface area contributed by atoms with E-state index >= 15 is 0 Å². The number of non-ortho nitro benzene ring substituents is 1. The number of nitrogens with one attached hydrogen (secondary N) is 1. The third-order valence-electron chi connectivity index (χ3n) is 4.63. The number of benzene rings is 2. The minimum Gasteiger partial charge on any atom is -0.348 e. The zero-order chi connectivity index (χ0) is 21.8. The Morgan fingerprint density at radius 1 is 1.21 bits per heavy atom. The number of nitro groups is 1. The van der Waals surface area contributed by atoms with Crippen LogP contribution in [0, 0.1) is 17.0 Å². The summed E-state index contributed by atoms with van der Waals surface area (Å²) in [4.78, 5) is 23.6. The van der Waals surface area contributed by atoms with Gasteiger partial charge in [0, 0.05) is 12.1 Å². The van der Waals surface area contributed by atoms with E-state index in [0.717, 1.165) is 16.1 Å². The van der Waals surface area contributed by atoms with Gasteiger partial charge in [0.25, 0.3) is 5.69 Å². The molecular formula is C20H25N3O5S. The second-order valence-corrected chi connectivity index (χ2v) is 8.71. The molecule has 0 saturated carbocycles. The van der Waals surface area contributed by atoms with Crippen LogP contribution in [0.25, 0.3) is 0 Å². The van der Waals surface area contributed by atoms with Gasteiger partial charge in [-0.1, -0.05) is 43.3 Å². The second-order valence-electron chi connectivity index (χ2n) is 6.85. The Kier molecular flexibility index (Phi) is 6.97. The quantitative estimate of drug-likeness (QED) is 0.521. The summed E-state index contributed by atoms with van der Waals surface area (Å²) in [6.07, 6.45) is 1.18. The smallest absolute Gasteiger partial charge is 0.271 e. The molecule has 0 aliphatic carbocycles. The molecule has 1 amide bonds. The Balaban J connectivity index is 2.44. The van der Waals surface area contributed by atoms with E-state index in [-0.39, 0.29) is 23.8 Å². The fraction of sp³-hybridized carbons (Fsp3) is 0.350. The number of nitrogens with zero attached hydrogens (tertiary/aromatic N) is 2. The summed E-state index contributed by atoms with van der Waals surface area (Å²) in [6.45, 7) is 5.15. The zero-order valence-corrected chi connectivity index (χ0v) is 17.6. The summed E-state index contributed by atoms with van der Waals surface area (Å²) in [6, 6.07) is 11.9. The highest BCUT2D eigenvalue weighted by molar-refractivity contribution is 7.92. The van der Waals surface area contributed by atoms with E-state index in [1.54, 1.807) is 13.8 Å². The molecule has 2 aromatic carbocycles. The van der Waals surface area contributed by atoms with Crippen molar-refractivity contribution in [2.45, 2.75) is 39.3 Å². The Labute approximate surface area is 170 Å². The molecule has 0 aliphatic heterocycles. The molecule has 2 atom stereocenters. The number of hydrogen-bond donors (Lipinski definition) is 1. The van der Waals surface area contributed by atoms with E-state index in [2.05, 4.69) is 5.32 Å². The molecule has 0 spiro atoms. The number of carbonyl (C=O) groups excluding carboxylic acids is 1. The number of rotatable bonds is 8. The zero-order valence-electron chi connectivity index (χ0n) is 16.8. The van der Waals surface area contributed by atoms with Crippen molar-refractivity contribution >= 4 is 27.3 Å². The van der Waals surface area contributed by atoms with Crippen molar-refractivity contribution < 1.29 is 18.1 Å². The summed E-state index contributed by atoms with van der Waals surface area (Å²) in [7, 11) is -3.89. The van der Waals surface area contributed by atoms with Crippen molar-refractivity contribution in [1.82, 2.24) is 5.32 Å². The van der Waals surface area contributed by atoms with E-state index in [4.69, 9.17) is 0 Å². The number of nitro benzene ring substituents is 1. The summed E-state index contributed by atoms with van der Waals surface area (Å²) >= 11 is 0. The minimum absolute atomic E-state index is 0.121. The number of hydrogen-bond acceptors (Lipinski definition) is 5. The summed E-state index contributed by atoms with van der Waals surface area (Å²) < 4.78 is 26.2. The molecule has 8 nitrogen and oxygen atoms in total. The molecular weight excluding hydrogens is 394 g/mol. The molecule has 2 rings (SSSR count). The van der Waals surface area contributed by atoms with Gasteiger partial charge in [0.15, 0.2) is 0 Å². The van der Waals surface area contributed by atoms with E-state index in [0.29, 0.717) is 5.56 Å². The molecule has 156 valence electrons. The maximum Gasteiger partial charge on any atom is 0.271 e. The van der Waals surface area contributed by atoms with Crippen LogP contribution in [0.15, 0.2) is 48.5 Å². The molecule has 0 saturated heterocycles. The van der Waals surface area contributed by atoms with Crippen molar-refractivity contribution in [2.75, 3.05) is 10.6 Å². The highest BCUT2D eigenvalue weighted by Crippen LogP contribution is 2.30. The van der Waals surface area contributed by atoms with E-state index in [1.807, 2.05) is 37.3 Å². The van der Waals surface area contributed by atoms with Crippen molar-refractivity contribution in [1.29, 1.82) is 0 Å². The lowest BCUT2D eigenvalue weighted by molar-refractivity contribution is -0.384. The average Bonchev–Trinajstić information content (AvgIpc) is 2.66. The first-order valence-electron chi connectivity index (χ1n) is 9.16. The lowest BCUT2D eigenvalue weighted by atomic mass is 10.1. The van der Waals surface area contributed by atoms with Crippen molar-refractivity contribution in [3.63, 3.8) is 0 Å². The van der Waals surface area contributed by atoms with Crippen LogP contribution in [-0.2, 0) is 14.8 Å². The van der Waals surface area contributed by atoms with Gasteiger partial charge in [0.2, 0.25) is 15.9 Å². The first kappa shape index (κ1) is 22.4. The fourth-order valence-corrected chi connectivity index (χ4v) is 4.38. The number of aryl methyl sites for hydroxylation is 1. The number of sulfonamides is 1. The number of anilines is 1. The van der Waals surface area contributed by atoms with Gasteiger partial charge in [-0.3, -0.25) is 19.2 Å². The third-order valence-corrected chi connectivity index (χ3v) is 5.79. The van der Waals surface area contributed by atoms with Gasteiger partial charge in [-0.2, -0.15) is 0 Å². The highest BCUT2D eigenvalue weighted by Gasteiger charge is 2.33. The van der Waals surface area contributed by atoms with E-state index < -0.39 is 26.9 Å². The van der Waals surface area contributed by atoms with Crippen LogP contribution in [0.1, 0.15) is 37.4 Å². The standard InChI is InChI=1S/C20H25N3O5S/c1-5-18(20(24)21-15(3)16-9-7-6-8-10-16)22(29(4,27)28)19-13-17(23(25)26)12-11-14(19)2/h6-13,15,18H,5H2,1-4H3,(H,21,24)/t15-,18-/m0/s1. The molecule has 0 radical (unpaired) electrons. The summed E-state index contributed by atoms with van der Waals surface area (Å²) in [5.41, 5.74) is 1.28. The van der Waals surface area contributed by atoms with Crippen molar-refractivity contribution in [2.24, 2.45) is 0 Å². The van der Waals surface area contributed by atoms with Crippen LogP contribution in [0.5, 0.6) is 0 Å². The predicted molar refractivity (Wildman–Crippen MR) is 112 cm³/mol. The van der Waals surface area contributed by atoms with E-state index in [9.17, 15) is 23.3 Å². The molecule has 0 bridgehead atoms. The van der Waals surface area contributed by atoms with Gasteiger partial charge in [0.05, 0.1) is 22.9 Å². The van der Waals surface area contributed by atoms with Gasteiger partial charge in [-0.25, -0.2) is 8.42 Å². The Bertz CT molecular complexity index is 992. The Morgan fingerprint density at radius 3 is 2.34 bits per heavy atom. The number of carbonyl (C=O) groups is 1. The van der Waals surface area contributed by atoms with Gasteiger partial charge in [-0.05, 0) is 31.4 Å². The molecule has 2 aromatic rings. The summed E-state index contributed by atoms with van der Waals surface area (Å²) in [5.74, 6) is -0.472. The predicted octanol–water partition coefficient (Wildman–Crippen LogP) is 3.33. The second kappa shape index (κ2) is 9.04. The third kappa shape index (κ3) is 5.32. The first-order chi connectivity index (χ1) is 13.6. The van der Waals surface area contributed by atoms with Gasteiger partial charge in [-0.15, -0.1) is 0 Å². The van der Waals surface area contributed by atoms with Gasteiger partial charge < -0.3 is 5.32 Å². The Morgan fingerprint density at radius 2 is 1.83 bits per heavy atom. The van der Waals surface area contributed by atoms with Crippen LogP contribution in [-0.4, -0.2) is 31.5 Å². The number of amides is 1. The monoisotopic (exact) mass is 419 g/mol. The van der Waals surface area contributed by atoms with Crippen LogP contribution in [0.4, 0.5) is 11.4 Å². The molecule has 9 heteroatoms. The molecule has 0 heterocycles. The average molecular weight is 420 g/mol. The van der Waals surface area contributed by atoms with Crippen molar-refractivity contribution in [3.05, 3.63) is 69.8 Å². The SMILES string of the molecule is CC[C@@H](C(=O)N[C@@H](C)c1ccccc1)N(c1cc([N+](=O)[O-])ccc1C)S(C)(=O)=O. The summed E-state index contributed by atoms with van der Waals surface area (Å²) in [5, 5.41) is 14.0. The lowest BCUT2D eigenvalue weighted by Crippen LogP contribution is -2.50. The van der Waals surface area contributed by atoms with Gasteiger partial charge in [0.1, 0.15) is 6.04 Å². The molecule has 0 aromatic heterocycles. The topological polar surface area (TPSA) is 110 Å². The molecule has 29 heavy (non-hydrogen) atoms. The maximum atomic E-state index is 13.0. The normalized spacial score (nSPS) is 13.4.